The molecule has 1 N–H and O–H groups in total. The molecule has 9 heteroatoms. The normalized spacial score (nSPS) is 14.5. The van der Waals surface area contributed by atoms with Gasteiger partial charge in [-0.05, 0) is 72.6 Å². The van der Waals surface area contributed by atoms with E-state index < -0.39 is 16.1 Å². The molecule has 0 bridgehead atoms. The summed E-state index contributed by atoms with van der Waals surface area (Å²) < 4.78 is 27.4. The number of hydrogen-bond donors (Lipinski definition) is 1. The van der Waals surface area contributed by atoms with Crippen LogP contribution in [0, 0.1) is 5.92 Å². The monoisotopic (exact) mass is 623 g/mol. The van der Waals surface area contributed by atoms with E-state index in [2.05, 4.69) is 19.2 Å². The first-order valence-electron chi connectivity index (χ1n) is 15.1. The van der Waals surface area contributed by atoms with Crippen LogP contribution in [0.1, 0.15) is 56.2 Å². The van der Waals surface area contributed by atoms with E-state index >= 15 is 0 Å². The number of aryl methyl sites for hydroxylation is 1. The van der Waals surface area contributed by atoms with Crippen molar-refractivity contribution in [3.63, 3.8) is 0 Å². The lowest BCUT2D eigenvalue weighted by Crippen LogP contribution is -2.50. The molecular formula is C34H42ClN3O4S. The summed E-state index contributed by atoms with van der Waals surface area (Å²) in [5, 5.41) is 3.67. The molecule has 4 rings (SSSR count). The fourth-order valence-corrected chi connectivity index (χ4v) is 6.89. The van der Waals surface area contributed by atoms with Crippen molar-refractivity contribution >= 4 is 33.4 Å². The quantitative estimate of drug-likeness (QED) is 0.244. The van der Waals surface area contributed by atoms with Gasteiger partial charge in [0.25, 0.3) is 0 Å². The van der Waals surface area contributed by atoms with E-state index in [-0.39, 0.29) is 29.7 Å². The Kier molecular flexibility index (Phi) is 11.8. The van der Waals surface area contributed by atoms with E-state index in [1.165, 1.54) is 4.31 Å². The van der Waals surface area contributed by atoms with Gasteiger partial charge < -0.3 is 10.2 Å². The molecule has 0 saturated carbocycles. The largest absolute Gasteiger partial charge is 0.354 e. The van der Waals surface area contributed by atoms with Crippen LogP contribution in [0.15, 0.2) is 83.8 Å². The van der Waals surface area contributed by atoms with Gasteiger partial charge >= 0.3 is 0 Å². The molecule has 1 saturated heterocycles. The molecule has 230 valence electrons. The van der Waals surface area contributed by atoms with Crippen LogP contribution >= 0.6 is 11.6 Å². The molecule has 2 amide bonds. The molecule has 0 radical (unpaired) electrons. The van der Waals surface area contributed by atoms with Gasteiger partial charge in [-0.15, -0.1) is 0 Å². The number of benzene rings is 3. The summed E-state index contributed by atoms with van der Waals surface area (Å²) in [6, 6.07) is 23.1. The number of hydrogen-bond acceptors (Lipinski definition) is 4. The maximum atomic E-state index is 13.9. The molecule has 1 aliphatic heterocycles. The molecule has 0 spiro atoms. The van der Waals surface area contributed by atoms with E-state index in [0.717, 1.165) is 36.0 Å². The Hall–Kier alpha value is -3.20. The van der Waals surface area contributed by atoms with Crippen molar-refractivity contribution in [1.82, 2.24) is 14.5 Å². The van der Waals surface area contributed by atoms with Crippen LogP contribution < -0.4 is 5.32 Å². The van der Waals surface area contributed by atoms with Gasteiger partial charge in [-0.2, -0.15) is 4.31 Å². The zero-order valence-electron chi connectivity index (χ0n) is 25.0. The highest BCUT2D eigenvalue weighted by Gasteiger charge is 2.30. The smallest absolute Gasteiger partial charge is 0.243 e. The predicted molar refractivity (Wildman–Crippen MR) is 171 cm³/mol. The molecule has 3 aromatic carbocycles. The Bertz CT molecular complexity index is 1440. The summed E-state index contributed by atoms with van der Waals surface area (Å²) >= 11 is 6.12. The van der Waals surface area contributed by atoms with Crippen molar-refractivity contribution in [1.29, 1.82) is 0 Å². The summed E-state index contributed by atoms with van der Waals surface area (Å²) in [6.45, 7) is 6.13. The van der Waals surface area contributed by atoms with Crippen molar-refractivity contribution in [2.45, 2.75) is 69.9 Å². The molecule has 43 heavy (non-hydrogen) atoms. The zero-order chi connectivity index (χ0) is 30.8. The second-order valence-electron chi connectivity index (χ2n) is 11.6. The summed E-state index contributed by atoms with van der Waals surface area (Å²) in [4.78, 5) is 29.5. The predicted octanol–water partition coefficient (Wildman–Crippen LogP) is 5.86. The van der Waals surface area contributed by atoms with Gasteiger partial charge in [0.05, 0.1) is 4.90 Å². The van der Waals surface area contributed by atoms with Crippen molar-refractivity contribution in [3.8, 4) is 0 Å². The average Bonchev–Trinajstić information content (AvgIpc) is 3.55. The minimum atomic E-state index is -3.50. The number of amides is 2. The summed E-state index contributed by atoms with van der Waals surface area (Å²) in [5.41, 5.74) is 2.71. The topological polar surface area (TPSA) is 86.8 Å². The Morgan fingerprint density at radius 1 is 0.884 bits per heavy atom. The molecule has 1 fully saturated rings. The average molecular weight is 624 g/mol. The summed E-state index contributed by atoms with van der Waals surface area (Å²) in [6.07, 6.45) is 3.60. The lowest BCUT2D eigenvalue weighted by Gasteiger charge is -2.32. The van der Waals surface area contributed by atoms with Gasteiger partial charge in [-0.3, -0.25) is 9.59 Å². The third kappa shape index (κ3) is 9.39. The van der Waals surface area contributed by atoms with E-state index in [0.29, 0.717) is 43.4 Å². The molecular weight excluding hydrogens is 582 g/mol. The van der Waals surface area contributed by atoms with Gasteiger partial charge in [0.15, 0.2) is 0 Å². The molecule has 3 aromatic rings. The van der Waals surface area contributed by atoms with Crippen LogP contribution in [0.25, 0.3) is 0 Å². The zero-order valence-corrected chi connectivity index (χ0v) is 26.6. The number of carbonyl (C=O) groups is 2. The van der Waals surface area contributed by atoms with Crippen LogP contribution in [0.5, 0.6) is 0 Å². The van der Waals surface area contributed by atoms with Crippen LogP contribution in [0.3, 0.4) is 0 Å². The Labute approximate surface area is 261 Å². The fourth-order valence-electron chi connectivity index (χ4n) is 5.24. The number of halogens is 1. The number of sulfonamides is 1. The second kappa shape index (κ2) is 15.5. The SMILES string of the molecule is CC(C)CCNC(=O)[C@@H](Cc1ccccc1)N(Cc1ccc(Cl)cc1)C(=O)CCc1ccc(S(=O)(=O)N2CCCC2)cc1. The summed E-state index contributed by atoms with van der Waals surface area (Å²) in [5.74, 6) is 0.114. The van der Waals surface area contributed by atoms with Gasteiger partial charge in [-0.1, -0.05) is 80.0 Å². The Morgan fingerprint density at radius 2 is 1.51 bits per heavy atom. The van der Waals surface area contributed by atoms with Gasteiger partial charge in [0.1, 0.15) is 6.04 Å². The van der Waals surface area contributed by atoms with Crippen molar-refractivity contribution in [2.24, 2.45) is 5.92 Å². The highest BCUT2D eigenvalue weighted by atomic mass is 35.5. The van der Waals surface area contributed by atoms with Crippen molar-refractivity contribution in [3.05, 3.63) is 101 Å². The van der Waals surface area contributed by atoms with Crippen molar-refractivity contribution in [2.75, 3.05) is 19.6 Å². The first-order chi connectivity index (χ1) is 20.6. The van der Waals surface area contributed by atoms with E-state index in [1.54, 1.807) is 41.3 Å². The first kappa shape index (κ1) is 32.7. The van der Waals surface area contributed by atoms with E-state index in [1.807, 2.05) is 42.5 Å². The van der Waals surface area contributed by atoms with E-state index in [4.69, 9.17) is 11.6 Å². The molecule has 7 nitrogen and oxygen atoms in total. The van der Waals surface area contributed by atoms with E-state index in [9.17, 15) is 18.0 Å². The molecule has 1 heterocycles. The number of nitrogens with zero attached hydrogens (tertiary/aromatic N) is 2. The highest BCUT2D eigenvalue weighted by molar-refractivity contribution is 7.89. The fraction of sp³-hybridized carbons (Fsp3) is 0.412. The number of carbonyl (C=O) groups excluding carboxylic acids is 2. The molecule has 0 aromatic heterocycles. The Balaban J connectivity index is 1.54. The molecule has 1 atom stereocenters. The standard InChI is InChI=1S/C34H42ClN3O4S/c1-26(2)20-21-36-34(40)32(24-28-8-4-3-5-9-28)38(25-29-10-15-30(35)16-11-29)33(39)19-14-27-12-17-31(18-13-27)43(41,42)37-22-6-7-23-37/h3-5,8-13,15-18,26,32H,6-7,14,19-25H2,1-2H3,(H,36,40)/t32-/m1/s1. The van der Waals surface area contributed by atoms with Crippen LogP contribution in [0.2, 0.25) is 5.02 Å². The molecule has 0 unspecified atom stereocenters. The maximum Gasteiger partial charge on any atom is 0.243 e. The third-order valence-electron chi connectivity index (χ3n) is 7.81. The lowest BCUT2D eigenvalue weighted by molar-refractivity contribution is -0.141. The van der Waals surface area contributed by atoms with Crippen LogP contribution in [-0.4, -0.2) is 55.1 Å². The number of nitrogens with one attached hydrogen (secondary N) is 1. The summed E-state index contributed by atoms with van der Waals surface area (Å²) in [7, 11) is -3.50. The molecule has 0 aliphatic carbocycles. The van der Waals surface area contributed by atoms with Gasteiger partial charge in [-0.25, -0.2) is 8.42 Å². The Morgan fingerprint density at radius 3 is 2.14 bits per heavy atom. The minimum absolute atomic E-state index is 0.149. The maximum absolute atomic E-state index is 13.9. The van der Waals surface area contributed by atoms with Crippen molar-refractivity contribution < 1.29 is 18.0 Å². The number of rotatable bonds is 14. The van der Waals surface area contributed by atoms with Crippen LogP contribution in [-0.2, 0) is 39.0 Å². The third-order valence-corrected chi connectivity index (χ3v) is 9.98. The minimum Gasteiger partial charge on any atom is -0.354 e. The van der Waals surface area contributed by atoms with Crippen LogP contribution in [0.4, 0.5) is 0 Å². The van der Waals surface area contributed by atoms with Gasteiger partial charge in [0, 0.05) is 44.0 Å². The molecule has 1 aliphatic rings. The van der Waals surface area contributed by atoms with Gasteiger partial charge in [0.2, 0.25) is 21.8 Å². The second-order valence-corrected chi connectivity index (χ2v) is 14.0. The highest BCUT2D eigenvalue weighted by Crippen LogP contribution is 2.22. The first-order valence-corrected chi connectivity index (χ1v) is 16.9. The lowest BCUT2D eigenvalue weighted by atomic mass is 10.0.